The second-order valence-corrected chi connectivity index (χ2v) is 10.2. The van der Waals surface area contributed by atoms with Crippen LogP contribution in [0.5, 0.6) is 0 Å². The lowest BCUT2D eigenvalue weighted by Crippen LogP contribution is -2.50. The number of rotatable bonds is 6. The number of benzene rings is 1. The number of aryl methyl sites for hydroxylation is 1. The number of piperazine rings is 1. The summed E-state index contributed by atoms with van der Waals surface area (Å²) in [7, 11) is -3.60. The van der Waals surface area contributed by atoms with Crippen LogP contribution in [0.2, 0.25) is 0 Å². The first-order valence-electron chi connectivity index (χ1n) is 10.7. The van der Waals surface area contributed by atoms with E-state index in [0.29, 0.717) is 41.5 Å². The first-order valence-corrected chi connectivity index (χ1v) is 12.1. The lowest BCUT2D eigenvalue weighted by Gasteiger charge is -2.34. The quantitative estimate of drug-likeness (QED) is 0.689. The molecular weight excluding hydrogens is 414 g/mol. The zero-order valence-electron chi connectivity index (χ0n) is 18.9. The third-order valence-electron chi connectivity index (χ3n) is 6.23. The van der Waals surface area contributed by atoms with Crippen molar-refractivity contribution < 1.29 is 18.0 Å². The average Bonchev–Trinajstić information content (AvgIpc) is 3.06. The molecule has 1 atom stereocenters. The highest BCUT2D eigenvalue weighted by Gasteiger charge is 2.32. The number of nitrogens with one attached hydrogen (secondary N) is 1. The van der Waals surface area contributed by atoms with Crippen LogP contribution in [-0.4, -0.2) is 60.5 Å². The Morgan fingerprint density at radius 2 is 1.65 bits per heavy atom. The fourth-order valence-corrected chi connectivity index (χ4v) is 5.56. The average molecular weight is 446 g/mol. The molecule has 8 heteroatoms. The molecule has 0 bridgehead atoms. The third-order valence-corrected chi connectivity index (χ3v) is 8.14. The SMILES string of the molecule is CCC(C)c1ccc(S(=O)(=O)N2CCN(C(=O)c3[nH]c(C)c(C(C)=O)c3C)CC2)cc1. The van der Waals surface area contributed by atoms with E-state index in [1.807, 2.05) is 12.1 Å². The zero-order chi connectivity index (χ0) is 22.9. The molecule has 1 fully saturated rings. The van der Waals surface area contributed by atoms with Crippen LogP contribution in [0.15, 0.2) is 29.2 Å². The molecule has 0 aliphatic carbocycles. The van der Waals surface area contributed by atoms with Gasteiger partial charge in [0, 0.05) is 37.4 Å². The summed E-state index contributed by atoms with van der Waals surface area (Å²) in [4.78, 5) is 29.8. The molecule has 1 N–H and O–H groups in total. The van der Waals surface area contributed by atoms with Crippen molar-refractivity contribution in [1.82, 2.24) is 14.2 Å². The predicted molar refractivity (Wildman–Crippen MR) is 120 cm³/mol. The molecule has 3 rings (SSSR count). The Morgan fingerprint density at radius 3 is 2.13 bits per heavy atom. The van der Waals surface area contributed by atoms with Crippen LogP contribution in [0.3, 0.4) is 0 Å². The van der Waals surface area contributed by atoms with Gasteiger partial charge < -0.3 is 9.88 Å². The first kappa shape index (κ1) is 23.2. The van der Waals surface area contributed by atoms with Crippen molar-refractivity contribution in [3.05, 3.63) is 52.3 Å². The Labute approximate surface area is 184 Å². The van der Waals surface area contributed by atoms with Crippen molar-refractivity contribution in [2.45, 2.75) is 51.9 Å². The molecule has 1 aliphatic rings. The topological polar surface area (TPSA) is 90.6 Å². The molecule has 31 heavy (non-hydrogen) atoms. The van der Waals surface area contributed by atoms with Gasteiger partial charge in [-0.05, 0) is 56.4 Å². The largest absolute Gasteiger partial charge is 0.354 e. The lowest BCUT2D eigenvalue weighted by atomic mass is 9.99. The smallest absolute Gasteiger partial charge is 0.270 e. The van der Waals surface area contributed by atoms with Gasteiger partial charge in [0.15, 0.2) is 5.78 Å². The zero-order valence-corrected chi connectivity index (χ0v) is 19.7. The summed E-state index contributed by atoms with van der Waals surface area (Å²) in [6.45, 7) is 10.3. The summed E-state index contributed by atoms with van der Waals surface area (Å²) in [5.41, 5.74) is 3.39. The molecule has 2 aromatic rings. The Bertz CT molecular complexity index is 1080. The van der Waals surface area contributed by atoms with Crippen molar-refractivity contribution in [3.8, 4) is 0 Å². The minimum absolute atomic E-state index is 0.0828. The van der Waals surface area contributed by atoms with Gasteiger partial charge in [-0.2, -0.15) is 4.31 Å². The molecule has 1 unspecified atom stereocenters. The van der Waals surface area contributed by atoms with E-state index in [4.69, 9.17) is 0 Å². The third kappa shape index (κ3) is 4.45. The van der Waals surface area contributed by atoms with E-state index in [0.717, 1.165) is 12.0 Å². The number of ketones is 1. The van der Waals surface area contributed by atoms with Gasteiger partial charge in [-0.15, -0.1) is 0 Å². The fraction of sp³-hybridized carbons (Fsp3) is 0.478. The van der Waals surface area contributed by atoms with Crippen molar-refractivity contribution in [2.75, 3.05) is 26.2 Å². The number of hydrogen-bond acceptors (Lipinski definition) is 4. The maximum absolute atomic E-state index is 13.0. The summed E-state index contributed by atoms with van der Waals surface area (Å²) in [6.07, 6.45) is 0.996. The number of amides is 1. The van der Waals surface area contributed by atoms with Crippen molar-refractivity contribution in [1.29, 1.82) is 0 Å². The number of carbonyl (C=O) groups is 2. The monoisotopic (exact) mass is 445 g/mol. The summed E-state index contributed by atoms with van der Waals surface area (Å²) in [5, 5.41) is 0. The van der Waals surface area contributed by atoms with Gasteiger partial charge >= 0.3 is 0 Å². The number of nitrogens with zero attached hydrogens (tertiary/aromatic N) is 2. The summed E-state index contributed by atoms with van der Waals surface area (Å²) >= 11 is 0. The lowest BCUT2D eigenvalue weighted by molar-refractivity contribution is 0.0691. The minimum Gasteiger partial charge on any atom is -0.354 e. The van der Waals surface area contributed by atoms with Gasteiger partial charge in [0.1, 0.15) is 5.69 Å². The van der Waals surface area contributed by atoms with Gasteiger partial charge in [-0.3, -0.25) is 9.59 Å². The second kappa shape index (κ2) is 8.96. The predicted octanol–water partition coefficient (Wildman–Crippen LogP) is 3.49. The summed E-state index contributed by atoms with van der Waals surface area (Å²) in [6, 6.07) is 7.10. The number of carbonyl (C=O) groups excluding carboxylic acids is 2. The molecule has 0 saturated carbocycles. The van der Waals surface area contributed by atoms with Gasteiger partial charge in [0.2, 0.25) is 10.0 Å². The van der Waals surface area contributed by atoms with Crippen LogP contribution in [0.1, 0.15) is 70.8 Å². The molecule has 1 amide bonds. The maximum Gasteiger partial charge on any atom is 0.270 e. The Morgan fingerprint density at radius 1 is 1.06 bits per heavy atom. The van der Waals surface area contributed by atoms with Gasteiger partial charge in [-0.1, -0.05) is 26.0 Å². The highest BCUT2D eigenvalue weighted by Crippen LogP contribution is 2.24. The highest BCUT2D eigenvalue weighted by atomic mass is 32.2. The van der Waals surface area contributed by atoms with Crippen LogP contribution < -0.4 is 0 Å². The molecule has 1 aromatic heterocycles. The van der Waals surface area contributed by atoms with Gasteiger partial charge in [0.05, 0.1) is 4.90 Å². The van der Waals surface area contributed by atoms with Gasteiger partial charge in [-0.25, -0.2) is 8.42 Å². The minimum atomic E-state index is -3.60. The van der Waals surface area contributed by atoms with Crippen LogP contribution in [0, 0.1) is 13.8 Å². The molecule has 1 aromatic carbocycles. The molecule has 1 aliphatic heterocycles. The van der Waals surface area contributed by atoms with E-state index in [1.165, 1.54) is 11.2 Å². The number of H-pyrrole nitrogens is 1. The number of Topliss-reactive ketones (excluding diaryl/α,β-unsaturated/α-hetero) is 1. The standard InChI is InChI=1S/C23H31N3O4S/c1-6-15(2)19-7-9-20(10-8-19)31(29,30)26-13-11-25(12-14-26)23(28)22-16(3)21(18(5)27)17(4)24-22/h7-10,15,24H,6,11-14H2,1-5H3. The van der Waals surface area contributed by atoms with E-state index in [-0.39, 0.29) is 29.7 Å². The van der Waals surface area contributed by atoms with Crippen LogP contribution in [0.25, 0.3) is 0 Å². The molecule has 2 heterocycles. The van der Waals surface area contributed by atoms with E-state index in [2.05, 4.69) is 18.8 Å². The summed E-state index contributed by atoms with van der Waals surface area (Å²) < 4.78 is 27.5. The van der Waals surface area contributed by atoms with Crippen molar-refractivity contribution >= 4 is 21.7 Å². The van der Waals surface area contributed by atoms with Crippen molar-refractivity contribution in [2.24, 2.45) is 0 Å². The molecule has 0 spiro atoms. The van der Waals surface area contributed by atoms with E-state index in [9.17, 15) is 18.0 Å². The second-order valence-electron chi connectivity index (χ2n) is 8.26. The Hall–Kier alpha value is -2.45. The number of hydrogen-bond donors (Lipinski definition) is 1. The van der Waals surface area contributed by atoms with E-state index in [1.54, 1.807) is 30.9 Å². The number of sulfonamides is 1. The molecule has 168 valence electrons. The normalized spacial score (nSPS) is 16.4. The van der Waals surface area contributed by atoms with Crippen LogP contribution in [-0.2, 0) is 10.0 Å². The first-order chi connectivity index (χ1) is 14.6. The fourth-order valence-electron chi connectivity index (χ4n) is 4.13. The molecule has 1 saturated heterocycles. The van der Waals surface area contributed by atoms with Crippen molar-refractivity contribution in [3.63, 3.8) is 0 Å². The van der Waals surface area contributed by atoms with Crippen LogP contribution in [0.4, 0.5) is 0 Å². The van der Waals surface area contributed by atoms with E-state index >= 15 is 0 Å². The number of aromatic amines is 1. The number of aromatic nitrogens is 1. The molecule has 7 nitrogen and oxygen atoms in total. The maximum atomic E-state index is 13.0. The Balaban J connectivity index is 1.71. The highest BCUT2D eigenvalue weighted by molar-refractivity contribution is 7.89. The summed E-state index contributed by atoms with van der Waals surface area (Å²) in [5.74, 6) is 0.0959. The van der Waals surface area contributed by atoms with E-state index < -0.39 is 10.0 Å². The van der Waals surface area contributed by atoms with Gasteiger partial charge in [0.25, 0.3) is 5.91 Å². The molecular formula is C23H31N3O4S. The van der Waals surface area contributed by atoms with Crippen LogP contribution >= 0.6 is 0 Å². The Kier molecular flexibility index (Phi) is 6.71. The molecule has 0 radical (unpaired) electrons.